The van der Waals surface area contributed by atoms with Crippen LogP contribution in [0.5, 0.6) is 0 Å². The Morgan fingerprint density at radius 2 is 1.73 bits per heavy atom. The second-order valence-corrected chi connectivity index (χ2v) is 11.4. The van der Waals surface area contributed by atoms with Gasteiger partial charge in [0.2, 0.25) is 0 Å². The van der Waals surface area contributed by atoms with E-state index in [-0.39, 0.29) is 5.83 Å². The van der Waals surface area contributed by atoms with E-state index in [0.29, 0.717) is 5.57 Å². The zero-order valence-corrected chi connectivity index (χ0v) is 25.3. The molecule has 0 unspecified atom stereocenters. The molecular formula is C37H53FN2. The quantitative estimate of drug-likeness (QED) is 0.199. The molecule has 1 fully saturated rings. The fourth-order valence-corrected chi connectivity index (χ4v) is 5.98. The van der Waals surface area contributed by atoms with E-state index in [9.17, 15) is 4.39 Å². The molecule has 40 heavy (non-hydrogen) atoms. The third kappa shape index (κ3) is 10.4. The molecule has 0 radical (unpaired) electrons. The minimum atomic E-state index is -0.325. The van der Waals surface area contributed by atoms with Crippen LogP contribution in [0.3, 0.4) is 0 Å². The number of benzene rings is 2. The summed E-state index contributed by atoms with van der Waals surface area (Å²) in [6, 6.07) is 16.3. The molecule has 2 nitrogen and oxygen atoms in total. The Labute approximate surface area is 244 Å². The normalized spacial score (nSPS) is 15.7. The first-order valence-corrected chi connectivity index (χ1v) is 15.9. The van der Waals surface area contributed by atoms with Crippen molar-refractivity contribution in [1.29, 1.82) is 0 Å². The molecule has 0 atom stereocenters. The van der Waals surface area contributed by atoms with E-state index in [4.69, 9.17) is 0 Å². The lowest BCUT2D eigenvalue weighted by Gasteiger charge is -2.31. The van der Waals surface area contributed by atoms with Gasteiger partial charge < -0.3 is 10.2 Å². The van der Waals surface area contributed by atoms with Crippen LogP contribution in [-0.4, -0.2) is 26.2 Å². The molecule has 1 N–H and O–H groups in total. The van der Waals surface area contributed by atoms with Crippen molar-refractivity contribution in [3.05, 3.63) is 101 Å². The van der Waals surface area contributed by atoms with Crippen LogP contribution in [0.2, 0.25) is 0 Å². The number of halogens is 1. The van der Waals surface area contributed by atoms with Gasteiger partial charge in [-0.1, -0.05) is 88.4 Å². The highest BCUT2D eigenvalue weighted by molar-refractivity contribution is 5.57. The smallest absolute Gasteiger partial charge is 0.119 e. The number of rotatable bonds is 13. The van der Waals surface area contributed by atoms with Gasteiger partial charge in [-0.05, 0) is 117 Å². The third-order valence-electron chi connectivity index (χ3n) is 8.39. The number of allylic oxidation sites excluding steroid dienone is 4. The summed E-state index contributed by atoms with van der Waals surface area (Å²) in [6.45, 7) is 16.2. The van der Waals surface area contributed by atoms with Gasteiger partial charge in [0.15, 0.2) is 0 Å². The maximum atomic E-state index is 13.2. The average molecular weight is 545 g/mol. The van der Waals surface area contributed by atoms with Gasteiger partial charge in [-0.15, -0.1) is 0 Å². The highest BCUT2D eigenvalue weighted by Crippen LogP contribution is 2.29. The van der Waals surface area contributed by atoms with E-state index in [0.717, 1.165) is 51.1 Å². The van der Waals surface area contributed by atoms with E-state index in [2.05, 4.69) is 79.7 Å². The van der Waals surface area contributed by atoms with Gasteiger partial charge in [0.1, 0.15) is 5.83 Å². The van der Waals surface area contributed by atoms with Crippen molar-refractivity contribution < 1.29 is 4.39 Å². The molecule has 0 saturated carbocycles. The maximum Gasteiger partial charge on any atom is 0.119 e. The standard InChI is InChI=1S/C23H32FN.C14H21N/c1-3-8-21(19(2)24)10-7-5-4-6-9-20-11-13-22(14-12-20)23-15-17-25-18-16-23;1-3-9-15-10-5-6-13-8-7-12(4-2)11-14(13)15/h3,8,11-14,23,25H,1-2,4-7,9-10,15-18H2;7-8,11H,3-6,9-10H2,1-2H3/b21-8-;. The van der Waals surface area contributed by atoms with Gasteiger partial charge in [0, 0.05) is 18.8 Å². The highest BCUT2D eigenvalue weighted by Gasteiger charge is 2.16. The third-order valence-corrected chi connectivity index (χ3v) is 8.39. The topological polar surface area (TPSA) is 15.3 Å². The van der Waals surface area contributed by atoms with Gasteiger partial charge >= 0.3 is 0 Å². The van der Waals surface area contributed by atoms with Gasteiger partial charge in [-0.3, -0.25) is 0 Å². The Morgan fingerprint density at radius 1 is 1.00 bits per heavy atom. The lowest BCUT2D eigenvalue weighted by Crippen LogP contribution is -2.30. The van der Waals surface area contributed by atoms with Gasteiger partial charge in [-0.25, -0.2) is 4.39 Å². The maximum absolute atomic E-state index is 13.2. The lowest BCUT2D eigenvalue weighted by atomic mass is 9.89. The van der Waals surface area contributed by atoms with Crippen molar-refractivity contribution in [3.8, 4) is 0 Å². The van der Waals surface area contributed by atoms with E-state index >= 15 is 0 Å². The van der Waals surface area contributed by atoms with Crippen LogP contribution in [-0.2, 0) is 19.3 Å². The fraction of sp³-hybridized carbons (Fsp3) is 0.514. The molecule has 2 aliphatic heterocycles. The summed E-state index contributed by atoms with van der Waals surface area (Å²) in [6.07, 6.45) is 17.3. The summed E-state index contributed by atoms with van der Waals surface area (Å²) in [5.41, 5.74) is 8.13. The molecule has 2 aromatic rings. The first-order chi connectivity index (χ1) is 19.5. The summed E-state index contributed by atoms with van der Waals surface area (Å²) >= 11 is 0. The first-order valence-electron chi connectivity index (χ1n) is 15.9. The SMILES string of the molecule is C=C/C=C(/CCCCCCc1ccc(C2CCNCC2)cc1)C(=C)F.CCCN1CCCc2ccc(CC)cc21. The molecule has 0 bridgehead atoms. The number of anilines is 1. The van der Waals surface area contributed by atoms with Crippen LogP contribution in [0.1, 0.15) is 99.8 Å². The Kier molecular flexibility index (Phi) is 14.3. The minimum absolute atomic E-state index is 0.325. The number of piperidine rings is 1. The summed E-state index contributed by atoms with van der Waals surface area (Å²) in [5, 5.41) is 3.43. The van der Waals surface area contributed by atoms with E-state index in [1.807, 2.05) is 0 Å². The molecule has 0 aliphatic carbocycles. The van der Waals surface area contributed by atoms with E-state index in [1.165, 1.54) is 80.4 Å². The summed E-state index contributed by atoms with van der Waals surface area (Å²) in [5.74, 6) is 0.409. The van der Waals surface area contributed by atoms with Crippen LogP contribution in [0.25, 0.3) is 0 Å². The molecule has 3 heteroatoms. The van der Waals surface area contributed by atoms with E-state index in [1.54, 1.807) is 17.7 Å². The zero-order chi connectivity index (χ0) is 28.6. The van der Waals surface area contributed by atoms with Crippen LogP contribution in [0.4, 0.5) is 10.1 Å². The number of hydrogen-bond donors (Lipinski definition) is 1. The first kappa shape index (κ1) is 31.9. The molecule has 1 saturated heterocycles. The second kappa shape index (κ2) is 17.9. The number of fused-ring (bicyclic) bond motifs is 1. The second-order valence-electron chi connectivity index (χ2n) is 11.4. The van der Waals surface area contributed by atoms with Crippen molar-refractivity contribution in [2.45, 2.75) is 96.8 Å². The number of nitrogens with one attached hydrogen (secondary N) is 1. The Bertz CT molecular complexity index is 1060. The molecule has 2 heterocycles. The summed E-state index contributed by atoms with van der Waals surface area (Å²) in [7, 11) is 0. The molecule has 0 amide bonds. The molecule has 0 spiro atoms. The van der Waals surface area contributed by atoms with Gasteiger partial charge in [0.05, 0.1) is 0 Å². The number of nitrogens with zero attached hydrogens (tertiary/aromatic N) is 1. The Hall–Kier alpha value is -2.65. The predicted octanol–water partition coefficient (Wildman–Crippen LogP) is 9.65. The van der Waals surface area contributed by atoms with Crippen molar-refractivity contribution in [3.63, 3.8) is 0 Å². The van der Waals surface area contributed by atoms with Crippen LogP contribution >= 0.6 is 0 Å². The van der Waals surface area contributed by atoms with E-state index < -0.39 is 0 Å². The fourth-order valence-electron chi connectivity index (χ4n) is 5.98. The number of unbranched alkanes of at least 4 members (excludes halogenated alkanes) is 3. The molecule has 2 aromatic carbocycles. The molecule has 218 valence electrons. The van der Waals surface area contributed by atoms with Crippen molar-refractivity contribution >= 4 is 5.69 Å². The number of aryl methyl sites for hydroxylation is 3. The highest BCUT2D eigenvalue weighted by atomic mass is 19.1. The summed E-state index contributed by atoms with van der Waals surface area (Å²) < 4.78 is 13.2. The largest absolute Gasteiger partial charge is 0.371 e. The minimum Gasteiger partial charge on any atom is -0.371 e. The zero-order valence-electron chi connectivity index (χ0n) is 25.3. The Balaban J connectivity index is 0.000000249. The molecule has 4 rings (SSSR count). The van der Waals surface area contributed by atoms with Crippen molar-refractivity contribution in [2.24, 2.45) is 0 Å². The van der Waals surface area contributed by atoms with Gasteiger partial charge in [0.25, 0.3) is 0 Å². The average Bonchev–Trinajstić information content (AvgIpc) is 2.99. The number of hydrogen-bond acceptors (Lipinski definition) is 2. The van der Waals surface area contributed by atoms with Crippen molar-refractivity contribution in [1.82, 2.24) is 5.32 Å². The van der Waals surface area contributed by atoms with Crippen LogP contribution < -0.4 is 10.2 Å². The summed E-state index contributed by atoms with van der Waals surface area (Å²) in [4.78, 5) is 2.55. The monoisotopic (exact) mass is 544 g/mol. The van der Waals surface area contributed by atoms with Crippen LogP contribution in [0, 0.1) is 0 Å². The Morgan fingerprint density at radius 3 is 2.40 bits per heavy atom. The molecule has 0 aromatic heterocycles. The van der Waals surface area contributed by atoms with Crippen LogP contribution in [0.15, 0.2) is 79.2 Å². The predicted molar refractivity (Wildman–Crippen MR) is 173 cm³/mol. The lowest BCUT2D eigenvalue weighted by molar-refractivity contribution is 0.460. The molecule has 2 aliphatic rings. The molecular weight excluding hydrogens is 491 g/mol. The van der Waals surface area contributed by atoms with Crippen molar-refractivity contribution in [2.75, 3.05) is 31.1 Å². The van der Waals surface area contributed by atoms with Gasteiger partial charge in [-0.2, -0.15) is 0 Å².